The maximum atomic E-state index is 11.3. The highest BCUT2D eigenvalue weighted by molar-refractivity contribution is 7.90. The Hall–Kier alpha value is -0.980. The number of sulfone groups is 1. The Morgan fingerprint density at radius 1 is 1.29 bits per heavy atom. The van der Waals surface area contributed by atoms with E-state index in [1.165, 1.54) is 0 Å². The van der Waals surface area contributed by atoms with E-state index in [0.717, 1.165) is 0 Å². The Balaban J connectivity index is 2.80. The summed E-state index contributed by atoms with van der Waals surface area (Å²) in [6.07, 6.45) is 4.94. The van der Waals surface area contributed by atoms with Crippen LogP contribution in [0.1, 0.15) is 5.56 Å². The standard InChI is InChI=1S/C10H9ClO2S/c1-2-7-14(12,13)8-9-3-5-10(11)6-4-9/h1,3-6H,7-8H2. The molecule has 1 aromatic rings. The number of hydrogen-bond acceptors (Lipinski definition) is 2. The van der Waals surface area contributed by atoms with Gasteiger partial charge in [-0.15, -0.1) is 6.42 Å². The Morgan fingerprint density at radius 3 is 2.36 bits per heavy atom. The normalized spacial score (nSPS) is 10.9. The van der Waals surface area contributed by atoms with Crippen molar-refractivity contribution in [1.29, 1.82) is 0 Å². The minimum absolute atomic E-state index is 0.0334. The minimum atomic E-state index is -3.18. The van der Waals surface area contributed by atoms with E-state index in [1.807, 2.05) is 0 Å². The van der Waals surface area contributed by atoms with Gasteiger partial charge in [-0.25, -0.2) is 8.42 Å². The van der Waals surface area contributed by atoms with E-state index >= 15 is 0 Å². The average Bonchev–Trinajstić information content (AvgIpc) is 2.08. The average molecular weight is 229 g/mol. The fraction of sp³-hybridized carbons (Fsp3) is 0.200. The first-order chi connectivity index (χ1) is 6.53. The summed E-state index contributed by atoms with van der Waals surface area (Å²) in [6.45, 7) is 0. The third kappa shape index (κ3) is 3.41. The number of halogens is 1. The van der Waals surface area contributed by atoms with Crippen molar-refractivity contribution in [2.75, 3.05) is 5.75 Å². The first-order valence-electron chi connectivity index (χ1n) is 3.92. The molecule has 0 aliphatic heterocycles. The van der Waals surface area contributed by atoms with Crippen LogP contribution in [-0.4, -0.2) is 14.2 Å². The van der Waals surface area contributed by atoms with Crippen LogP contribution < -0.4 is 0 Å². The third-order valence-electron chi connectivity index (χ3n) is 1.60. The molecule has 0 atom stereocenters. The second-order valence-electron chi connectivity index (χ2n) is 2.86. The third-order valence-corrected chi connectivity index (χ3v) is 3.23. The van der Waals surface area contributed by atoms with E-state index in [0.29, 0.717) is 10.6 Å². The van der Waals surface area contributed by atoms with Gasteiger partial charge in [-0.3, -0.25) is 0 Å². The van der Waals surface area contributed by atoms with E-state index < -0.39 is 9.84 Å². The molecule has 14 heavy (non-hydrogen) atoms. The molecule has 0 amide bonds. The van der Waals surface area contributed by atoms with Crippen molar-refractivity contribution in [3.8, 4) is 12.3 Å². The van der Waals surface area contributed by atoms with Crippen LogP contribution in [-0.2, 0) is 15.6 Å². The second kappa shape index (κ2) is 4.50. The van der Waals surface area contributed by atoms with Crippen molar-refractivity contribution in [1.82, 2.24) is 0 Å². The summed E-state index contributed by atoms with van der Waals surface area (Å²) in [5, 5.41) is 0.586. The summed E-state index contributed by atoms with van der Waals surface area (Å²) in [5.41, 5.74) is 0.699. The van der Waals surface area contributed by atoms with Gasteiger partial charge in [0.2, 0.25) is 0 Å². The molecule has 1 aromatic carbocycles. The quantitative estimate of drug-likeness (QED) is 0.741. The molecule has 1 rings (SSSR count). The molecule has 0 aliphatic carbocycles. The number of benzene rings is 1. The van der Waals surface area contributed by atoms with E-state index in [-0.39, 0.29) is 11.5 Å². The molecule has 0 spiro atoms. The van der Waals surface area contributed by atoms with Crippen LogP contribution >= 0.6 is 11.6 Å². The number of terminal acetylenes is 1. The van der Waals surface area contributed by atoms with Crippen LogP contribution in [0.5, 0.6) is 0 Å². The molecule has 0 saturated heterocycles. The zero-order chi connectivity index (χ0) is 10.6. The minimum Gasteiger partial charge on any atom is -0.228 e. The predicted molar refractivity (Wildman–Crippen MR) is 57.8 cm³/mol. The lowest BCUT2D eigenvalue weighted by Gasteiger charge is -2.00. The molecule has 0 saturated carbocycles. The summed E-state index contributed by atoms with van der Waals surface area (Å²) in [6, 6.07) is 6.66. The lowest BCUT2D eigenvalue weighted by atomic mass is 10.2. The molecule has 0 heterocycles. The largest absolute Gasteiger partial charge is 0.228 e. The van der Waals surface area contributed by atoms with Crippen molar-refractivity contribution < 1.29 is 8.42 Å². The molecule has 0 unspecified atom stereocenters. The van der Waals surface area contributed by atoms with Gasteiger partial charge >= 0.3 is 0 Å². The van der Waals surface area contributed by atoms with Crippen molar-refractivity contribution in [3.63, 3.8) is 0 Å². The molecule has 0 aromatic heterocycles. The Morgan fingerprint density at radius 2 is 1.86 bits per heavy atom. The highest BCUT2D eigenvalue weighted by atomic mass is 35.5. The molecule has 0 bridgehead atoms. The van der Waals surface area contributed by atoms with Crippen LogP contribution in [0.25, 0.3) is 0 Å². The highest BCUT2D eigenvalue weighted by Crippen LogP contribution is 2.12. The Labute approximate surface area is 88.8 Å². The lowest BCUT2D eigenvalue weighted by Crippen LogP contribution is -2.07. The van der Waals surface area contributed by atoms with E-state index in [1.54, 1.807) is 24.3 Å². The molecule has 4 heteroatoms. The van der Waals surface area contributed by atoms with Gasteiger partial charge in [0.15, 0.2) is 9.84 Å². The summed E-state index contributed by atoms with van der Waals surface area (Å²) in [7, 11) is -3.18. The predicted octanol–water partition coefficient (Wildman–Crippen LogP) is 1.89. The van der Waals surface area contributed by atoms with Gasteiger partial charge in [0.1, 0.15) is 5.75 Å². The fourth-order valence-electron chi connectivity index (χ4n) is 1.01. The van der Waals surface area contributed by atoms with Crippen molar-refractivity contribution in [2.24, 2.45) is 0 Å². The van der Waals surface area contributed by atoms with Crippen molar-refractivity contribution in [2.45, 2.75) is 5.75 Å². The van der Waals surface area contributed by atoms with Crippen molar-refractivity contribution >= 4 is 21.4 Å². The first kappa shape index (κ1) is 11.1. The maximum Gasteiger partial charge on any atom is 0.165 e. The van der Waals surface area contributed by atoms with Gasteiger partial charge in [-0.2, -0.15) is 0 Å². The fourth-order valence-corrected chi connectivity index (χ4v) is 2.19. The zero-order valence-corrected chi connectivity index (χ0v) is 8.98. The van der Waals surface area contributed by atoms with E-state index in [2.05, 4.69) is 5.92 Å². The molecular weight excluding hydrogens is 220 g/mol. The van der Waals surface area contributed by atoms with Crippen LogP contribution in [0.2, 0.25) is 5.02 Å². The maximum absolute atomic E-state index is 11.3. The number of rotatable bonds is 3. The molecule has 0 radical (unpaired) electrons. The molecule has 74 valence electrons. The van der Waals surface area contributed by atoms with Gasteiger partial charge < -0.3 is 0 Å². The van der Waals surface area contributed by atoms with Gasteiger partial charge in [-0.1, -0.05) is 29.7 Å². The molecule has 2 nitrogen and oxygen atoms in total. The van der Waals surface area contributed by atoms with Gasteiger partial charge in [0.05, 0.1) is 5.75 Å². The topological polar surface area (TPSA) is 34.1 Å². The first-order valence-corrected chi connectivity index (χ1v) is 6.12. The van der Waals surface area contributed by atoms with Crippen LogP contribution in [0.3, 0.4) is 0 Å². The zero-order valence-electron chi connectivity index (χ0n) is 7.40. The molecular formula is C10H9ClO2S. The highest BCUT2D eigenvalue weighted by Gasteiger charge is 2.09. The second-order valence-corrected chi connectivity index (χ2v) is 5.36. The smallest absolute Gasteiger partial charge is 0.165 e. The summed E-state index contributed by atoms with van der Waals surface area (Å²) in [5.74, 6) is 1.87. The Kier molecular flexibility index (Phi) is 3.56. The summed E-state index contributed by atoms with van der Waals surface area (Å²) in [4.78, 5) is 0. The molecule has 0 aliphatic rings. The lowest BCUT2D eigenvalue weighted by molar-refractivity contribution is 0.598. The monoisotopic (exact) mass is 228 g/mol. The van der Waals surface area contributed by atoms with Gasteiger partial charge in [-0.05, 0) is 17.7 Å². The molecule has 0 fully saturated rings. The SMILES string of the molecule is C#CCS(=O)(=O)Cc1ccc(Cl)cc1. The molecule has 0 N–H and O–H groups in total. The van der Waals surface area contributed by atoms with E-state index in [9.17, 15) is 8.42 Å². The summed E-state index contributed by atoms with van der Waals surface area (Å²) < 4.78 is 22.6. The van der Waals surface area contributed by atoms with E-state index in [4.69, 9.17) is 18.0 Å². The van der Waals surface area contributed by atoms with Crippen LogP contribution in [0.4, 0.5) is 0 Å². The van der Waals surface area contributed by atoms with Crippen LogP contribution in [0, 0.1) is 12.3 Å². The van der Waals surface area contributed by atoms with Gasteiger partial charge in [0.25, 0.3) is 0 Å². The number of hydrogen-bond donors (Lipinski definition) is 0. The van der Waals surface area contributed by atoms with Gasteiger partial charge in [0, 0.05) is 5.02 Å². The van der Waals surface area contributed by atoms with Crippen LogP contribution in [0.15, 0.2) is 24.3 Å². The summed E-state index contributed by atoms with van der Waals surface area (Å²) >= 11 is 5.66. The van der Waals surface area contributed by atoms with Crippen molar-refractivity contribution in [3.05, 3.63) is 34.9 Å². The Bertz CT molecular complexity index is 440.